The van der Waals surface area contributed by atoms with Crippen molar-refractivity contribution in [1.82, 2.24) is 0 Å². The quantitative estimate of drug-likeness (QED) is 0.130. The molecule has 0 radical (unpaired) electrons. The number of hydrogen-bond acceptors (Lipinski definition) is 1. The Hall–Kier alpha value is -8.80. The van der Waals surface area contributed by atoms with Crippen molar-refractivity contribution in [1.29, 1.82) is 0 Å². The van der Waals surface area contributed by atoms with Gasteiger partial charge in [-0.15, -0.1) is 0 Å². The standard InChI is InChI=1S/C69H47F4N/c1-5-42-19-23-44(24-20-42)68(60-35-27-46(70)37-65(60)72)58-17-11-8-14-52(58)55-33-30-49(40-63(55)68)74(48-29-32-54-51-13-7-10-16-57(51)67(3,4)62(54)39-48)50-31-34-56-53-15-9-12-18-59(53)69(64(56)41-50,45-25-21-43(6-2)22-26-45)61-36-28-47(71)38-66(61)73/h5-41H,1-2H2,3-4H3. The third kappa shape index (κ3) is 6.29. The number of hydrogen-bond donors (Lipinski definition) is 0. The molecule has 0 saturated carbocycles. The summed E-state index contributed by atoms with van der Waals surface area (Å²) >= 11 is 0. The molecular formula is C69H47F4N. The van der Waals surface area contributed by atoms with Crippen LogP contribution in [0.3, 0.4) is 0 Å². The molecule has 0 aliphatic heterocycles. The van der Waals surface area contributed by atoms with Crippen LogP contribution in [0.4, 0.5) is 34.6 Å². The van der Waals surface area contributed by atoms with Crippen LogP contribution in [0.25, 0.3) is 45.5 Å². The summed E-state index contributed by atoms with van der Waals surface area (Å²) < 4.78 is 64.2. The molecule has 0 heterocycles. The van der Waals surface area contributed by atoms with Gasteiger partial charge < -0.3 is 4.90 Å². The molecule has 0 aromatic heterocycles. The second-order valence-corrected chi connectivity index (χ2v) is 20.2. The van der Waals surface area contributed by atoms with Crippen molar-refractivity contribution in [2.45, 2.75) is 30.1 Å². The molecule has 1 nitrogen and oxygen atoms in total. The summed E-state index contributed by atoms with van der Waals surface area (Å²) in [6, 6.07) is 67.9. The second-order valence-electron chi connectivity index (χ2n) is 20.2. The van der Waals surface area contributed by atoms with Crippen molar-refractivity contribution in [3.8, 4) is 33.4 Å². The van der Waals surface area contributed by atoms with Gasteiger partial charge in [0.15, 0.2) is 0 Å². The highest BCUT2D eigenvalue weighted by molar-refractivity contribution is 5.93. The Morgan fingerprint density at radius 3 is 1.09 bits per heavy atom. The minimum Gasteiger partial charge on any atom is -0.310 e. The second kappa shape index (κ2) is 16.6. The van der Waals surface area contributed by atoms with E-state index in [1.807, 2.05) is 84.9 Å². The molecule has 13 rings (SSSR count). The van der Waals surface area contributed by atoms with Crippen LogP contribution in [0.15, 0.2) is 225 Å². The van der Waals surface area contributed by atoms with Crippen LogP contribution in [-0.2, 0) is 16.2 Å². The van der Waals surface area contributed by atoms with Crippen molar-refractivity contribution in [3.05, 3.63) is 316 Å². The molecule has 0 saturated heterocycles. The molecule has 356 valence electrons. The molecule has 3 aliphatic carbocycles. The Morgan fingerprint density at radius 2 is 0.689 bits per heavy atom. The highest BCUT2D eigenvalue weighted by atomic mass is 19.1. The SMILES string of the molecule is C=Cc1ccc(C2(c3ccc(F)cc3F)c3ccccc3-c3ccc(N(c4ccc5c(c4)C(C)(C)c4ccccc4-5)c4ccc5c(c4)C(c4ccc(C=C)cc4)(c4ccc(F)cc4F)c4ccccc4-5)cc32)cc1. The highest BCUT2D eigenvalue weighted by Crippen LogP contribution is 2.61. The lowest BCUT2D eigenvalue weighted by Crippen LogP contribution is -2.30. The predicted octanol–water partition coefficient (Wildman–Crippen LogP) is 18.0. The van der Waals surface area contributed by atoms with Crippen LogP contribution in [0.1, 0.15) is 80.6 Å². The largest absolute Gasteiger partial charge is 0.310 e. The van der Waals surface area contributed by atoms with E-state index < -0.39 is 34.1 Å². The molecule has 2 unspecified atom stereocenters. The van der Waals surface area contributed by atoms with Crippen molar-refractivity contribution >= 4 is 29.2 Å². The first kappa shape index (κ1) is 45.1. The smallest absolute Gasteiger partial charge is 0.130 e. The minimum absolute atomic E-state index is 0.320. The molecule has 2 atom stereocenters. The summed E-state index contributed by atoms with van der Waals surface area (Å²) in [6.45, 7) is 12.5. The first-order valence-electron chi connectivity index (χ1n) is 24.9. The minimum atomic E-state index is -1.22. The Morgan fingerprint density at radius 1 is 0.338 bits per heavy atom. The van der Waals surface area contributed by atoms with E-state index in [-0.39, 0.29) is 5.41 Å². The lowest BCUT2D eigenvalue weighted by atomic mass is 9.67. The average Bonchev–Trinajstić information content (AvgIpc) is 3.97. The van der Waals surface area contributed by atoms with Gasteiger partial charge in [0, 0.05) is 45.7 Å². The maximum Gasteiger partial charge on any atom is 0.130 e. The summed E-state index contributed by atoms with van der Waals surface area (Å²) in [5, 5.41) is 0. The number of fused-ring (bicyclic) bond motifs is 9. The Balaban J connectivity index is 1.12. The zero-order valence-corrected chi connectivity index (χ0v) is 40.7. The lowest BCUT2D eigenvalue weighted by molar-refractivity contribution is 0.555. The van der Waals surface area contributed by atoms with Crippen LogP contribution >= 0.6 is 0 Å². The van der Waals surface area contributed by atoms with Crippen LogP contribution < -0.4 is 4.90 Å². The van der Waals surface area contributed by atoms with E-state index in [0.29, 0.717) is 11.1 Å². The van der Waals surface area contributed by atoms with Gasteiger partial charge in [-0.05, 0) is 138 Å². The van der Waals surface area contributed by atoms with Gasteiger partial charge in [0.2, 0.25) is 0 Å². The predicted molar refractivity (Wildman–Crippen MR) is 293 cm³/mol. The van der Waals surface area contributed by atoms with Crippen molar-refractivity contribution in [3.63, 3.8) is 0 Å². The molecule has 74 heavy (non-hydrogen) atoms. The molecule has 0 bridgehead atoms. The average molecular weight is 966 g/mol. The summed E-state index contributed by atoms with van der Waals surface area (Å²) in [6.07, 6.45) is 3.56. The topological polar surface area (TPSA) is 3.24 Å². The maximum absolute atomic E-state index is 17.0. The number of nitrogens with zero attached hydrogens (tertiary/aromatic N) is 1. The Labute approximate surface area is 428 Å². The zero-order chi connectivity index (χ0) is 50.7. The normalized spacial score (nSPS) is 17.1. The molecule has 10 aromatic rings. The van der Waals surface area contributed by atoms with Crippen molar-refractivity contribution < 1.29 is 17.6 Å². The van der Waals surface area contributed by atoms with Gasteiger partial charge >= 0.3 is 0 Å². The van der Waals surface area contributed by atoms with Crippen molar-refractivity contribution in [2.75, 3.05) is 4.90 Å². The molecule has 0 fully saturated rings. The van der Waals surface area contributed by atoms with E-state index in [0.717, 1.165) is 102 Å². The highest BCUT2D eigenvalue weighted by Gasteiger charge is 2.50. The first-order chi connectivity index (χ1) is 36.0. The lowest BCUT2D eigenvalue weighted by Gasteiger charge is -2.36. The molecule has 0 spiro atoms. The molecule has 0 amide bonds. The van der Waals surface area contributed by atoms with E-state index in [2.05, 4.69) is 123 Å². The number of benzene rings is 10. The van der Waals surface area contributed by atoms with Crippen molar-refractivity contribution in [2.24, 2.45) is 0 Å². The van der Waals surface area contributed by atoms with Gasteiger partial charge in [-0.25, -0.2) is 17.6 Å². The molecule has 10 aromatic carbocycles. The van der Waals surface area contributed by atoms with E-state index in [1.54, 1.807) is 24.3 Å². The van der Waals surface area contributed by atoms with Gasteiger partial charge in [0.1, 0.15) is 23.3 Å². The van der Waals surface area contributed by atoms with E-state index in [4.69, 9.17) is 0 Å². The summed E-state index contributed by atoms with van der Waals surface area (Å²) in [5.74, 6) is -2.65. The van der Waals surface area contributed by atoms with Gasteiger partial charge in [-0.1, -0.05) is 191 Å². The van der Waals surface area contributed by atoms with Gasteiger partial charge in [-0.3, -0.25) is 0 Å². The summed E-state index contributed by atoms with van der Waals surface area (Å²) in [5.41, 5.74) is 15.6. The third-order valence-electron chi connectivity index (χ3n) is 16.2. The number of rotatable bonds is 9. The fourth-order valence-electron chi connectivity index (χ4n) is 12.9. The van der Waals surface area contributed by atoms with Crippen LogP contribution in [0.5, 0.6) is 0 Å². The molecular weight excluding hydrogens is 919 g/mol. The fourth-order valence-corrected chi connectivity index (χ4v) is 12.9. The zero-order valence-electron chi connectivity index (χ0n) is 40.7. The fraction of sp³-hybridized carbons (Fsp3) is 0.0725. The van der Waals surface area contributed by atoms with Gasteiger partial charge in [0.05, 0.1) is 10.8 Å². The van der Waals surface area contributed by atoms with E-state index in [1.165, 1.54) is 28.8 Å². The summed E-state index contributed by atoms with van der Waals surface area (Å²) in [4.78, 5) is 2.24. The summed E-state index contributed by atoms with van der Waals surface area (Å²) in [7, 11) is 0. The first-order valence-corrected chi connectivity index (χ1v) is 24.9. The van der Waals surface area contributed by atoms with Gasteiger partial charge in [0.25, 0.3) is 0 Å². The maximum atomic E-state index is 17.0. The molecule has 3 aliphatic rings. The molecule has 0 N–H and O–H groups in total. The number of halogens is 4. The van der Waals surface area contributed by atoms with E-state index in [9.17, 15) is 0 Å². The molecule has 5 heteroatoms. The van der Waals surface area contributed by atoms with E-state index >= 15 is 17.6 Å². The van der Waals surface area contributed by atoms with Crippen LogP contribution in [0, 0.1) is 23.3 Å². The van der Waals surface area contributed by atoms with Gasteiger partial charge in [-0.2, -0.15) is 0 Å². The Kier molecular flexibility index (Phi) is 10.1. The van der Waals surface area contributed by atoms with Crippen LogP contribution in [-0.4, -0.2) is 0 Å². The number of anilines is 3. The monoisotopic (exact) mass is 965 g/mol. The Bertz CT molecular complexity index is 3770. The van der Waals surface area contributed by atoms with Crippen LogP contribution in [0.2, 0.25) is 0 Å². The third-order valence-corrected chi connectivity index (χ3v) is 16.2.